The van der Waals surface area contributed by atoms with Crippen molar-refractivity contribution in [2.45, 2.75) is 12.0 Å². The molecule has 0 saturated carbocycles. The molecule has 0 bridgehead atoms. The van der Waals surface area contributed by atoms with E-state index in [4.69, 9.17) is 15.2 Å². The first-order chi connectivity index (χ1) is 8.07. The van der Waals surface area contributed by atoms with Gasteiger partial charge in [-0.1, -0.05) is 0 Å². The fraction of sp³-hybridized carbons (Fsp3) is 0.417. The van der Waals surface area contributed by atoms with E-state index in [0.717, 1.165) is 6.07 Å². The van der Waals surface area contributed by atoms with Gasteiger partial charge >= 0.3 is 0 Å². The maximum atomic E-state index is 13.5. The van der Waals surface area contributed by atoms with Crippen LogP contribution >= 0.6 is 0 Å². The number of ether oxygens (including phenoxy) is 2. The van der Waals surface area contributed by atoms with Crippen molar-refractivity contribution in [1.29, 1.82) is 0 Å². The van der Waals surface area contributed by atoms with Crippen molar-refractivity contribution in [3.63, 3.8) is 0 Å². The summed E-state index contributed by atoms with van der Waals surface area (Å²) < 4.78 is 23.4. The Balaban J connectivity index is 2.28. The molecule has 1 aromatic rings. The molecular weight excluding hydrogens is 225 g/mol. The van der Waals surface area contributed by atoms with Crippen LogP contribution < -0.4 is 10.5 Å². The molecule has 92 valence electrons. The molecule has 1 heterocycles. The van der Waals surface area contributed by atoms with Gasteiger partial charge in [-0.2, -0.15) is 0 Å². The maximum absolute atomic E-state index is 13.5. The minimum absolute atomic E-state index is 0.107. The Kier molecular flexibility index (Phi) is 3.13. The number of Topliss-reactive ketones (excluding diaryl/α,β-unsaturated/α-hetero) is 1. The minimum Gasteiger partial charge on any atom is -0.494 e. The van der Waals surface area contributed by atoms with Gasteiger partial charge < -0.3 is 15.2 Å². The Bertz CT molecular complexity index is 441. The van der Waals surface area contributed by atoms with Crippen LogP contribution in [0.3, 0.4) is 0 Å². The van der Waals surface area contributed by atoms with Gasteiger partial charge in [-0.25, -0.2) is 4.39 Å². The number of carbonyl (C=O) groups is 1. The van der Waals surface area contributed by atoms with E-state index in [9.17, 15) is 9.18 Å². The largest absolute Gasteiger partial charge is 0.494 e. The number of hydrogen-bond acceptors (Lipinski definition) is 4. The highest BCUT2D eigenvalue weighted by Gasteiger charge is 2.38. The van der Waals surface area contributed by atoms with E-state index in [1.165, 1.54) is 19.2 Å². The van der Waals surface area contributed by atoms with Crippen molar-refractivity contribution in [3.05, 3.63) is 29.6 Å². The normalized spacial score (nSPS) is 23.7. The second-order valence-corrected chi connectivity index (χ2v) is 4.14. The van der Waals surface area contributed by atoms with Crippen LogP contribution in [0.15, 0.2) is 18.2 Å². The fourth-order valence-electron chi connectivity index (χ4n) is 1.85. The van der Waals surface area contributed by atoms with E-state index in [1.54, 1.807) is 0 Å². The molecule has 1 atom stereocenters. The van der Waals surface area contributed by atoms with Gasteiger partial charge in [0.05, 0.1) is 13.7 Å². The molecule has 0 radical (unpaired) electrons. The van der Waals surface area contributed by atoms with Crippen molar-refractivity contribution < 1.29 is 18.7 Å². The molecule has 0 spiro atoms. The Morgan fingerprint density at radius 2 is 2.35 bits per heavy atom. The average Bonchev–Trinajstić information content (AvgIpc) is 2.76. The predicted molar refractivity (Wildman–Crippen MR) is 59.6 cm³/mol. The zero-order valence-corrected chi connectivity index (χ0v) is 9.53. The third-order valence-corrected chi connectivity index (χ3v) is 2.92. The molecule has 1 aromatic carbocycles. The van der Waals surface area contributed by atoms with Crippen LogP contribution in [0.25, 0.3) is 0 Å². The van der Waals surface area contributed by atoms with Gasteiger partial charge in [-0.3, -0.25) is 4.79 Å². The molecule has 0 aromatic heterocycles. The van der Waals surface area contributed by atoms with Crippen molar-refractivity contribution in [1.82, 2.24) is 0 Å². The lowest BCUT2D eigenvalue weighted by Crippen LogP contribution is -2.48. The van der Waals surface area contributed by atoms with Crippen molar-refractivity contribution in [2.24, 2.45) is 5.73 Å². The van der Waals surface area contributed by atoms with Gasteiger partial charge in [0.1, 0.15) is 5.54 Å². The summed E-state index contributed by atoms with van der Waals surface area (Å²) in [5.74, 6) is -0.757. The Hall–Kier alpha value is -1.46. The quantitative estimate of drug-likeness (QED) is 0.803. The number of carbonyl (C=O) groups excluding carboxylic acids is 1. The topological polar surface area (TPSA) is 61.5 Å². The van der Waals surface area contributed by atoms with Crippen LogP contribution in [0.4, 0.5) is 4.39 Å². The molecule has 17 heavy (non-hydrogen) atoms. The average molecular weight is 239 g/mol. The number of ketones is 1. The number of methoxy groups -OCH3 is 1. The number of halogens is 1. The predicted octanol–water partition coefficient (Wildman–Crippen LogP) is 1.13. The Morgan fingerprint density at radius 3 is 2.88 bits per heavy atom. The SMILES string of the molecule is COc1ccc(C(=O)C2(N)CCOC2)cc1F. The molecular formula is C12H14FNO3. The van der Waals surface area contributed by atoms with E-state index < -0.39 is 11.4 Å². The van der Waals surface area contributed by atoms with Gasteiger partial charge in [0.15, 0.2) is 17.3 Å². The van der Waals surface area contributed by atoms with Crippen LogP contribution in [0, 0.1) is 5.82 Å². The first kappa shape index (κ1) is 12.0. The third kappa shape index (κ3) is 2.16. The smallest absolute Gasteiger partial charge is 0.185 e. The second-order valence-electron chi connectivity index (χ2n) is 4.14. The van der Waals surface area contributed by atoms with Gasteiger partial charge in [0, 0.05) is 12.2 Å². The molecule has 5 heteroatoms. The van der Waals surface area contributed by atoms with Crippen LogP contribution in [0.5, 0.6) is 5.75 Å². The third-order valence-electron chi connectivity index (χ3n) is 2.92. The molecule has 1 fully saturated rings. The summed E-state index contributed by atoms with van der Waals surface area (Å²) in [5.41, 5.74) is 5.15. The summed E-state index contributed by atoms with van der Waals surface area (Å²) in [4.78, 5) is 12.1. The molecule has 2 rings (SSSR count). The first-order valence-electron chi connectivity index (χ1n) is 5.32. The van der Waals surface area contributed by atoms with Crippen LogP contribution in [0.2, 0.25) is 0 Å². The lowest BCUT2D eigenvalue weighted by molar-refractivity contribution is 0.0862. The number of nitrogens with two attached hydrogens (primary N) is 1. The summed E-state index contributed by atoms with van der Waals surface area (Å²) in [6.45, 7) is 0.639. The molecule has 0 amide bonds. The Morgan fingerprint density at radius 1 is 1.59 bits per heavy atom. The second kappa shape index (κ2) is 4.43. The lowest BCUT2D eigenvalue weighted by Gasteiger charge is -2.20. The fourth-order valence-corrected chi connectivity index (χ4v) is 1.85. The molecule has 0 aliphatic carbocycles. The summed E-state index contributed by atoms with van der Waals surface area (Å²) in [5, 5.41) is 0. The van der Waals surface area contributed by atoms with E-state index in [1.807, 2.05) is 0 Å². The number of hydrogen-bond donors (Lipinski definition) is 1. The van der Waals surface area contributed by atoms with Gasteiger partial charge in [0.25, 0.3) is 0 Å². The van der Waals surface area contributed by atoms with Crippen molar-refractivity contribution >= 4 is 5.78 Å². The molecule has 1 aliphatic heterocycles. The summed E-state index contributed by atoms with van der Waals surface area (Å²) in [6, 6.07) is 4.08. The standard InChI is InChI=1S/C12H14FNO3/c1-16-10-3-2-8(6-9(10)13)11(15)12(14)4-5-17-7-12/h2-3,6H,4-5,7,14H2,1H3. The molecule has 1 aliphatic rings. The van der Waals surface area contributed by atoms with E-state index in [2.05, 4.69) is 0 Å². The highest BCUT2D eigenvalue weighted by atomic mass is 19.1. The molecule has 1 saturated heterocycles. The minimum atomic E-state index is -1.03. The molecule has 1 unspecified atom stereocenters. The van der Waals surface area contributed by atoms with Crippen LogP contribution in [-0.2, 0) is 4.74 Å². The lowest BCUT2D eigenvalue weighted by atomic mass is 9.89. The van der Waals surface area contributed by atoms with Crippen LogP contribution in [0.1, 0.15) is 16.8 Å². The van der Waals surface area contributed by atoms with E-state index in [0.29, 0.717) is 13.0 Å². The van der Waals surface area contributed by atoms with E-state index in [-0.39, 0.29) is 23.7 Å². The summed E-state index contributed by atoms with van der Waals surface area (Å²) >= 11 is 0. The molecule has 2 N–H and O–H groups in total. The zero-order chi connectivity index (χ0) is 12.5. The van der Waals surface area contributed by atoms with Crippen molar-refractivity contribution in [2.75, 3.05) is 20.3 Å². The number of benzene rings is 1. The summed E-state index contributed by atoms with van der Waals surface area (Å²) in [6.07, 6.45) is 0.458. The molecule has 4 nitrogen and oxygen atoms in total. The first-order valence-corrected chi connectivity index (χ1v) is 5.32. The summed E-state index contributed by atoms with van der Waals surface area (Å²) in [7, 11) is 1.37. The maximum Gasteiger partial charge on any atom is 0.185 e. The van der Waals surface area contributed by atoms with Crippen LogP contribution in [-0.4, -0.2) is 31.6 Å². The highest BCUT2D eigenvalue weighted by molar-refractivity contribution is 6.03. The van der Waals surface area contributed by atoms with E-state index >= 15 is 0 Å². The zero-order valence-electron chi connectivity index (χ0n) is 9.53. The van der Waals surface area contributed by atoms with Gasteiger partial charge in [-0.15, -0.1) is 0 Å². The van der Waals surface area contributed by atoms with Gasteiger partial charge in [-0.05, 0) is 24.6 Å². The number of rotatable bonds is 3. The highest BCUT2D eigenvalue weighted by Crippen LogP contribution is 2.24. The monoisotopic (exact) mass is 239 g/mol. The van der Waals surface area contributed by atoms with Crippen molar-refractivity contribution in [3.8, 4) is 5.75 Å². The Labute approximate surface area is 98.5 Å². The van der Waals surface area contributed by atoms with Gasteiger partial charge in [0.2, 0.25) is 0 Å².